The Balaban J connectivity index is 2.07. The van der Waals surface area contributed by atoms with Crippen LogP contribution in [-0.4, -0.2) is 41.1 Å². The fourth-order valence-corrected chi connectivity index (χ4v) is 3.99. The van der Waals surface area contributed by atoms with Crippen molar-refractivity contribution >= 4 is 32.9 Å². The second kappa shape index (κ2) is 5.29. The molecule has 0 unspecified atom stereocenters. The lowest BCUT2D eigenvalue weighted by molar-refractivity contribution is 0.603. The predicted molar refractivity (Wildman–Crippen MR) is 73.9 cm³/mol. The van der Waals surface area contributed by atoms with Crippen molar-refractivity contribution in [3.63, 3.8) is 0 Å². The van der Waals surface area contributed by atoms with E-state index in [1.807, 2.05) is 17.5 Å². The molecule has 6 nitrogen and oxygen atoms in total. The van der Waals surface area contributed by atoms with Crippen molar-refractivity contribution in [2.24, 2.45) is 0 Å². The van der Waals surface area contributed by atoms with Gasteiger partial charge in [0.05, 0.1) is 10.6 Å². The van der Waals surface area contributed by atoms with Crippen LogP contribution in [-0.2, 0) is 9.84 Å². The van der Waals surface area contributed by atoms with E-state index in [0.717, 1.165) is 4.88 Å². The van der Waals surface area contributed by atoms with E-state index in [4.69, 9.17) is 5.84 Å². The fourth-order valence-electron chi connectivity index (χ4n) is 1.23. The molecule has 2 heterocycles. The summed E-state index contributed by atoms with van der Waals surface area (Å²) in [7, 11) is -2.96. The highest BCUT2D eigenvalue weighted by Gasteiger charge is 2.13. The standard InChI is InChI=1S/C9H12N4O2S3/c1-18(14,15)6-5-17-9-12-11-8(13(9)10)7-3-2-4-16-7/h2-4H,5-6,10H2,1H3. The third-order valence-corrected chi connectivity index (χ3v) is 5.11. The van der Waals surface area contributed by atoms with E-state index in [0.29, 0.717) is 16.7 Å². The Bertz CT molecular complexity index is 618. The zero-order chi connectivity index (χ0) is 13.2. The smallest absolute Gasteiger partial charge is 0.210 e. The number of aromatic nitrogens is 3. The molecule has 0 amide bonds. The minimum absolute atomic E-state index is 0.0961. The summed E-state index contributed by atoms with van der Waals surface area (Å²) in [5.74, 6) is 6.97. The van der Waals surface area contributed by atoms with Crippen LogP contribution in [0, 0.1) is 0 Å². The zero-order valence-corrected chi connectivity index (χ0v) is 12.1. The van der Waals surface area contributed by atoms with Gasteiger partial charge in [0.25, 0.3) is 0 Å². The number of hydrogen-bond donors (Lipinski definition) is 1. The van der Waals surface area contributed by atoms with Crippen LogP contribution in [0.1, 0.15) is 0 Å². The number of thioether (sulfide) groups is 1. The molecule has 2 rings (SSSR count). The Morgan fingerprint density at radius 3 is 2.89 bits per heavy atom. The summed E-state index contributed by atoms with van der Waals surface area (Å²) in [6.07, 6.45) is 1.21. The highest BCUT2D eigenvalue weighted by atomic mass is 32.2. The Morgan fingerprint density at radius 1 is 1.50 bits per heavy atom. The second-order valence-electron chi connectivity index (χ2n) is 3.63. The quantitative estimate of drug-likeness (QED) is 0.650. The van der Waals surface area contributed by atoms with Crippen LogP contribution in [0.25, 0.3) is 10.7 Å². The fraction of sp³-hybridized carbons (Fsp3) is 0.333. The van der Waals surface area contributed by atoms with Crippen LogP contribution in [0.3, 0.4) is 0 Å². The van der Waals surface area contributed by atoms with Gasteiger partial charge in [-0.05, 0) is 11.4 Å². The number of nitrogen functional groups attached to an aromatic ring is 1. The molecule has 0 atom stereocenters. The van der Waals surface area contributed by atoms with Crippen molar-refractivity contribution in [1.29, 1.82) is 0 Å². The lowest BCUT2D eigenvalue weighted by Crippen LogP contribution is -2.12. The molecule has 9 heteroatoms. The summed E-state index contributed by atoms with van der Waals surface area (Å²) in [6, 6.07) is 3.81. The third-order valence-electron chi connectivity index (χ3n) is 2.09. The van der Waals surface area contributed by atoms with Crippen molar-refractivity contribution in [3.8, 4) is 10.7 Å². The van der Waals surface area contributed by atoms with Crippen LogP contribution in [0.4, 0.5) is 0 Å². The summed E-state index contributed by atoms with van der Waals surface area (Å²) in [4.78, 5) is 0.931. The largest absolute Gasteiger partial charge is 0.335 e. The molecule has 0 aliphatic carbocycles. The normalized spacial score (nSPS) is 11.8. The molecule has 0 aromatic carbocycles. The number of nitrogens with zero attached hydrogens (tertiary/aromatic N) is 3. The van der Waals surface area contributed by atoms with Crippen molar-refractivity contribution in [2.45, 2.75) is 5.16 Å². The van der Waals surface area contributed by atoms with E-state index in [1.165, 1.54) is 34.0 Å². The van der Waals surface area contributed by atoms with E-state index in [9.17, 15) is 8.42 Å². The van der Waals surface area contributed by atoms with Gasteiger partial charge in [0, 0.05) is 12.0 Å². The monoisotopic (exact) mass is 304 g/mol. The molecule has 0 fully saturated rings. The molecule has 2 aromatic rings. The van der Waals surface area contributed by atoms with Gasteiger partial charge in [0.15, 0.2) is 5.82 Å². The summed E-state index contributed by atoms with van der Waals surface area (Å²) in [5, 5.41) is 10.4. The molecule has 18 heavy (non-hydrogen) atoms. The van der Waals surface area contributed by atoms with Gasteiger partial charge in [0.2, 0.25) is 5.16 Å². The lowest BCUT2D eigenvalue weighted by atomic mass is 10.4. The zero-order valence-electron chi connectivity index (χ0n) is 9.61. The average molecular weight is 304 g/mol. The van der Waals surface area contributed by atoms with Crippen LogP contribution < -0.4 is 5.84 Å². The summed E-state index contributed by atoms with van der Waals surface area (Å²) >= 11 is 2.80. The molecule has 2 aromatic heterocycles. The van der Waals surface area contributed by atoms with E-state index in [-0.39, 0.29) is 5.75 Å². The topological polar surface area (TPSA) is 90.9 Å². The van der Waals surface area contributed by atoms with Crippen LogP contribution in [0.15, 0.2) is 22.7 Å². The lowest BCUT2D eigenvalue weighted by Gasteiger charge is -2.01. The Hall–Kier alpha value is -1.06. The van der Waals surface area contributed by atoms with Gasteiger partial charge in [-0.25, -0.2) is 13.1 Å². The maximum atomic E-state index is 11.0. The van der Waals surface area contributed by atoms with E-state index >= 15 is 0 Å². The minimum atomic E-state index is -2.96. The van der Waals surface area contributed by atoms with Crippen molar-refractivity contribution in [1.82, 2.24) is 14.9 Å². The van der Waals surface area contributed by atoms with Crippen molar-refractivity contribution < 1.29 is 8.42 Å². The van der Waals surface area contributed by atoms with E-state index < -0.39 is 9.84 Å². The SMILES string of the molecule is CS(=O)(=O)CCSc1nnc(-c2cccs2)n1N. The van der Waals surface area contributed by atoms with E-state index in [1.54, 1.807) is 0 Å². The number of sulfone groups is 1. The van der Waals surface area contributed by atoms with Gasteiger partial charge in [0.1, 0.15) is 9.84 Å². The minimum Gasteiger partial charge on any atom is -0.335 e. The maximum absolute atomic E-state index is 11.0. The van der Waals surface area contributed by atoms with Crippen LogP contribution in [0.2, 0.25) is 0 Å². The molecule has 0 spiro atoms. The first-order valence-corrected chi connectivity index (χ1v) is 8.95. The molecule has 0 saturated carbocycles. The van der Waals surface area contributed by atoms with Crippen LogP contribution in [0.5, 0.6) is 0 Å². The molecule has 0 radical (unpaired) electrons. The number of hydrogen-bond acceptors (Lipinski definition) is 7. The summed E-state index contributed by atoms with van der Waals surface area (Å²) < 4.78 is 23.4. The first-order chi connectivity index (χ1) is 8.47. The van der Waals surface area contributed by atoms with Crippen molar-refractivity contribution in [3.05, 3.63) is 17.5 Å². The average Bonchev–Trinajstić information content (AvgIpc) is 2.87. The third kappa shape index (κ3) is 3.24. The summed E-state index contributed by atoms with van der Waals surface area (Å²) in [6.45, 7) is 0. The van der Waals surface area contributed by atoms with Gasteiger partial charge >= 0.3 is 0 Å². The molecule has 2 N–H and O–H groups in total. The van der Waals surface area contributed by atoms with Gasteiger partial charge in [-0.3, -0.25) is 0 Å². The maximum Gasteiger partial charge on any atom is 0.210 e. The van der Waals surface area contributed by atoms with Crippen LogP contribution >= 0.6 is 23.1 Å². The van der Waals surface area contributed by atoms with Gasteiger partial charge in [-0.2, -0.15) is 0 Å². The highest BCUT2D eigenvalue weighted by molar-refractivity contribution is 8.00. The number of nitrogens with two attached hydrogens (primary N) is 1. The predicted octanol–water partition coefficient (Wildman–Crippen LogP) is 0.857. The van der Waals surface area contributed by atoms with Crippen molar-refractivity contribution in [2.75, 3.05) is 23.6 Å². The molecule has 0 bridgehead atoms. The Morgan fingerprint density at radius 2 is 2.28 bits per heavy atom. The molecular formula is C9H12N4O2S3. The van der Waals surface area contributed by atoms with E-state index in [2.05, 4.69) is 10.2 Å². The number of rotatable bonds is 5. The summed E-state index contributed by atoms with van der Waals surface area (Å²) in [5.41, 5.74) is 0. The Kier molecular flexibility index (Phi) is 3.93. The molecule has 0 aliphatic heterocycles. The highest BCUT2D eigenvalue weighted by Crippen LogP contribution is 2.24. The first-order valence-electron chi connectivity index (χ1n) is 5.02. The molecule has 0 saturated heterocycles. The second-order valence-corrected chi connectivity index (χ2v) is 7.90. The van der Waals surface area contributed by atoms with Gasteiger partial charge in [-0.1, -0.05) is 17.8 Å². The van der Waals surface area contributed by atoms with Gasteiger partial charge < -0.3 is 5.84 Å². The first kappa shape index (κ1) is 13.4. The molecular weight excluding hydrogens is 292 g/mol. The van der Waals surface area contributed by atoms with Gasteiger partial charge in [-0.15, -0.1) is 21.5 Å². The Labute approximate surface area is 113 Å². The number of thiophene rings is 1. The molecule has 0 aliphatic rings. The molecule has 98 valence electrons.